The van der Waals surface area contributed by atoms with Gasteiger partial charge in [-0.25, -0.2) is 4.79 Å². The molecule has 0 spiro atoms. The summed E-state index contributed by atoms with van der Waals surface area (Å²) in [6.45, 7) is 4.39. The lowest BCUT2D eigenvalue weighted by molar-refractivity contribution is -0.142. The Bertz CT molecular complexity index is 698. The van der Waals surface area contributed by atoms with Crippen molar-refractivity contribution in [1.29, 1.82) is 0 Å². The minimum absolute atomic E-state index is 0.00488. The van der Waals surface area contributed by atoms with Crippen LogP contribution in [0.4, 0.5) is 0 Å². The van der Waals surface area contributed by atoms with Gasteiger partial charge in [-0.1, -0.05) is 13.8 Å². The van der Waals surface area contributed by atoms with Crippen LogP contribution in [-0.4, -0.2) is 82.6 Å². The molecule has 0 aromatic rings. The molecule has 0 aromatic carbocycles. The first-order chi connectivity index (χ1) is 15.5. The molecule has 0 radical (unpaired) electrons. The standard InChI is InChI=1S/C21H36N4O7S/c1-12(2)11-16(20(30)24-15(21(31)32)8-10-33-3)25-19(29)14(6-7-17(26)27)23-18(28)13-5-4-9-22-13/h12-16,22H,4-11H2,1-3H3,(H,23,28)(H,24,30)(H,25,29)(H,26,27)(H,31,32). The number of aliphatic carboxylic acids is 2. The number of rotatable bonds is 15. The summed E-state index contributed by atoms with van der Waals surface area (Å²) >= 11 is 1.45. The van der Waals surface area contributed by atoms with E-state index in [2.05, 4.69) is 21.3 Å². The van der Waals surface area contributed by atoms with Crippen molar-refractivity contribution in [3.8, 4) is 0 Å². The lowest BCUT2D eigenvalue weighted by atomic mass is 10.0. The Balaban J connectivity index is 2.91. The second kappa shape index (κ2) is 14.7. The molecule has 1 heterocycles. The number of thioether (sulfide) groups is 1. The summed E-state index contributed by atoms with van der Waals surface area (Å²) in [5, 5.41) is 29.1. The van der Waals surface area contributed by atoms with Gasteiger partial charge in [0.05, 0.1) is 6.04 Å². The van der Waals surface area contributed by atoms with Crippen molar-refractivity contribution in [2.24, 2.45) is 5.92 Å². The van der Waals surface area contributed by atoms with Gasteiger partial charge in [0.2, 0.25) is 17.7 Å². The molecular weight excluding hydrogens is 452 g/mol. The highest BCUT2D eigenvalue weighted by molar-refractivity contribution is 7.98. The second-order valence-corrected chi connectivity index (χ2v) is 9.50. The number of carbonyl (C=O) groups excluding carboxylic acids is 3. The van der Waals surface area contributed by atoms with Crippen molar-refractivity contribution in [3.05, 3.63) is 0 Å². The summed E-state index contributed by atoms with van der Waals surface area (Å²) < 4.78 is 0. The van der Waals surface area contributed by atoms with Crippen LogP contribution in [0.5, 0.6) is 0 Å². The molecule has 0 saturated carbocycles. The van der Waals surface area contributed by atoms with E-state index in [9.17, 15) is 29.1 Å². The zero-order valence-electron chi connectivity index (χ0n) is 19.4. The quantitative estimate of drug-likeness (QED) is 0.184. The smallest absolute Gasteiger partial charge is 0.326 e. The predicted octanol–water partition coefficient (Wildman–Crippen LogP) is -0.0586. The van der Waals surface area contributed by atoms with Gasteiger partial charge in [-0.2, -0.15) is 11.8 Å². The van der Waals surface area contributed by atoms with E-state index in [0.29, 0.717) is 18.7 Å². The molecule has 0 bridgehead atoms. The van der Waals surface area contributed by atoms with Crippen molar-refractivity contribution in [2.75, 3.05) is 18.6 Å². The maximum Gasteiger partial charge on any atom is 0.326 e. The average Bonchev–Trinajstić information content (AvgIpc) is 3.27. The van der Waals surface area contributed by atoms with Crippen LogP contribution in [0.15, 0.2) is 0 Å². The molecule has 12 heteroatoms. The van der Waals surface area contributed by atoms with E-state index in [1.165, 1.54) is 11.8 Å². The lowest BCUT2D eigenvalue weighted by Gasteiger charge is -2.26. The third-order valence-electron chi connectivity index (χ3n) is 5.22. The van der Waals surface area contributed by atoms with E-state index in [4.69, 9.17) is 5.11 Å². The molecule has 33 heavy (non-hydrogen) atoms. The van der Waals surface area contributed by atoms with E-state index in [1.807, 2.05) is 20.1 Å². The summed E-state index contributed by atoms with van der Waals surface area (Å²) in [6, 6.07) is -3.70. The molecule has 4 unspecified atom stereocenters. The monoisotopic (exact) mass is 488 g/mol. The molecule has 0 aromatic heterocycles. The average molecular weight is 489 g/mol. The SMILES string of the molecule is CSCCC(NC(=O)C(CC(C)C)NC(=O)C(CCC(=O)O)NC(=O)C1CCCN1)C(=O)O. The zero-order chi connectivity index (χ0) is 25.0. The normalized spacial score (nSPS) is 18.2. The minimum atomic E-state index is -1.16. The molecule has 4 atom stereocenters. The fraction of sp³-hybridized carbons (Fsp3) is 0.762. The van der Waals surface area contributed by atoms with Crippen molar-refractivity contribution in [1.82, 2.24) is 21.3 Å². The van der Waals surface area contributed by atoms with E-state index in [-0.39, 0.29) is 31.6 Å². The number of carbonyl (C=O) groups is 5. The molecule has 1 fully saturated rings. The third-order valence-corrected chi connectivity index (χ3v) is 5.87. The van der Waals surface area contributed by atoms with Crippen LogP contribution in [0, 0.1) is 5.92 Å². The maximum absolute atomic E-state index is 13.0. The first-order valence-corrected chi connectivity index (χ1v) is 12.5. The third kappa shape index (κ3) is 10.9. The van der Waals surface area contributed by atoms with Crippen LogP contribution in [0.1, 0.15) is 52.4 Å². The first-order valence-electron chi connectivity index (χ1n) is 11.1. The molecule has 188 valence electrons. The Morgan fingerprint density at radius 3 is 2.12 bits per heavy atom. The van der Waals surface area contributed by atoms with Crippen LogP contribution < -0.4 is 21.3 Å². The fourth-order valence-corrected chi connectivity index (χ4v) is 3.93. The highest BCUT2D eigenvalue weighted by atomic mass is 32.2. The highest BCUT2D eigenvalue weighted by Crippen LogP contribution is 2.10. The summed E-state index contributed by atoms with van der Waals surface area (Å²) in [5.41, 5.74) is 0. The number of hydrogen-bond donors (Lipinski definition) is 6. The number of amides is 3. The molecule has 1 aliphatic rings. The molecule has 3 amide bonds. The highest BCUT2D eigenvalue weighted by Gasteiger charge is 2.32. The van der Waals surface area contributed by atoms with E-state index >= 15 is 0 Å². The lowest BCUT2D eigenvalue weighted by Crippen LogP contribution is -2.57. The molecule has 1 rings (SSSR count). The van der Waals surface area contributed by atoms with E-state index < -0.39 is 53.8 Å². The van der Waals surface area contributed by atoms with Crippen molar-refractivity contribution in [3.63, 3.8) is 0 Å². The van der Waals surface area contributed by atoms with Crippen LogP contribution in [0.25, 0.3) is 0 Å². The Morgan fingerprint density at radius 2 is 1.61 bits per heavy atom. The van der Waals surface area contributed by atoms with Crippen LogP contribution in [0.2, 0.25) is 0 Å². The van der Waals surface area contributed by atoms with Gasteiger partial charge in [0.25, 0.3) is 0 Å². The topological polar surface area (TPSA) is 174 Å². The second-order valence-electron chi connectivity index (χ2n) is 8.51. The molecule has 1 saturated heterocycles. The van der Waals surface area contributed by atoms with Crippen molar-refractivity contribution < 1.29 is 34.2 Å². The van der Waals surface area contributed by atoms with Crippen LogP contribution in [-0.2, 0) is 24.0 Å². The molecule has 0 aliphatic carbocycles. The van der Waals surface area contributed by atoms with Crippen molar-refractivity contribution >= 4 is 41.4 Å². The number of nitrogens with one attached hydrogen (secondary N) is 4. The van der Waals surface area contributed by atoms with Crippen LogP contribution in [0.3, 0.4) is 0 Å². The van der Waals surface area contributed by atoms with E-state index in [0.717, 1.165) is 6.42 Å². The zero-order valence-corrected chi connectivity index (χ0v) is 20.2. The number of carboxylic acid groups (broad SMARTS) is 2. The minimum Gasteiger partial charge on any atom is -0.481 e. The fourth-order valence-electron chi connectivity index (χ4n) is 3.46. The van der Waals surface area contributed by atoms with Gasteiger partial charge in [-0.15, -0.1) is 0 Å². The van der Waals surface area contributed by atoms with Gasteiger partial charge in [-0.05, 0) is 56.6 Å². The van der Waals surface area contributed by atoms with Gasteiger partial charge >= 0.3 is 11.9 Å². The van der Waals surface area contributed by atoms with Gasteiger partial charge in [0, 0.05) is 6.42 Å². The largest absolute Gasteiger partial charge is 0.481 e. The Hall–Kier alpha value is -2.34. The van der Waals surface area contributed by atoms with Crippen molar-refractivity contribution in [2.45, 2.75) is 76.5 Å². The molecule has 6 N–H and O–H groups in total. The summed E-state index contributed by atoms with van der Waals surface area (Å²) in [6.07, 6.45) is 3.27. The summed E-state index contributed by atoms with van der Waals surface area (Å²) in [4.78, 5) is 60.8. The molecular formula is C21H36N4O7S. The van der Waals surface area contributed by atoms with Crippen LogP contribution >= 0.6 is 11.8 Å². The Morgan fingerprint density at radius 1 is 0.970 bits per heavy atom. The van der Waals surface area contributed by atoms with Gasteiger partial charge in [0.15, 0.2) is 0 Å². The van der Waals surface area contributed by atoms with E-state index in [1.54, 1.807) is 0 Å². The van der Waals surface area contributed by atoms with Gasteiger partial charge in [-0.3, -0.25) is 19.2 Å². The summed E-state index contributed by atoms with van der Waals surface area (Å²) in [5.74, 6) is -3.45. The predicted molar refractivity (Wildman–Crippen MR) is 124 cm³/mol. The van der Waals surface area contributed by atoms with Gasteiger partial charge < -0.3 is 31.5 Å². The summed E-state index contributed by atoms with van der Waals surface area (Å²) in [7, 11) is 0. The Labute approximate surface area is 198 Å². The molecule has 1 aliphatic heterocycles. The number of carboxylic acids is 2. The maximum atomic E-state index is 13.0. The Kier molecular flexibility index (Phi) is 12.8. The van der Waals surface area contributed by atoms with Gasteiger partial charge in [0.1, 0.15) is 18.1 Å². The molecule has 11 nitrogen and oxygen atoms in total. The number of hydrogen-bond acceptors (Lipinski definition) is 7. The first kappa shape index (κ1) is 28.7.